The van der Waals surface area contributed by atoms with Gasteiger partial charge in [-0.1, -0.05) is 0 Å². The Morgan fingerprint density at radius 3 is 2.73 bits per heavy atom. The van der Waals surface area contributed by atoms with Gasteiger partial charge in [-0.3, -0.25) is 0 Å². The van der Waals surface area contributed by atoms with Crippen LogP contribution in [0.15, 0.2) is 26.9 Å². The highest BCUT2D eigenvalue weighted by molar-refractivity contribution is 7.99. The van der Waals surface area contributed by atoms with E-state index in [1.54, 1.807) is 19.2 Å². The van der Waals surface area contributed by atoms with Crippen LogP contribution in [-0.4, -0.2) is 15.2 Å². The molecule has 0 atom stereocenters. The van der Waals surface area contributed by atoms with Crippen molar-refractivity contribution in [2.75, 3.05) is 5.73 Å². The van der Waals surface area contributed by atoms with Crippen molar-refractivity contribution in [1.29, 1.82) is 0 Å². The normalized spacial score (nSPS) is 10.5. The first-order valence-corrected chi connectivity index (χ1v) is 5.17. The summed E-state index contributed by atoms with van der Waals surface area (Å²) in [4.78, 5) is 4.20. The van der Waals surface area contributed by atoms with Gasteiger partial charge < -0.3 is 10.2 Å². The molecule has 6 heteroatoms. The van der Waals surface area contributed by atoms with E-state index in [-0.39, 0.29) is 0 Å². The first kappa shape index (κ1) is 9.97. The maximum absolute atomic E-state index is 5.76. The molecule has 0 aromatic carbocycles. The minimum Gasteiger partial charge on any atom is -0.416 e. The fourth-order valence-corrected chi connectivity index (χ4v) is 1.70. The van der Waals surface area contributed by atoms with Crippen molar-refractivity contribution in [2.45, 2.75) is 24.1 Å². The van der Waals surface area contributed by atoms with E-state index in [9.17, 15) is 0 Å². The SMILES string of the molecule is Cc1nnc(Sc2cc(N)c(C)cn2)o1. The Balaban J connectivity index is 2.21. The molecule has 0 aliphatic heterocycles. The molecule has 5 nitrogen and oxygen atoms in total. The summed E-state index contributed by atoms with van der Waals surface area (Å²) >= 11 is 1.30. The van der Waals surface area contributed by atoms with Crippen molar-refractivity contribution < 1.29 is 4.42 Å². The largest absolute Gasteiger partial charge is 0.416 e. The maximum atomic E-state index is 5.76. The zero-order valence-corrected chi connectivity index (χ0v) is 9.21. The predicted molar refractivity (Wildman–Crippen MR) is 56.5 cm³/mol. The Kier molecular flexibility index (Phi) is 2.59. The molecular formula is C9H10N4OS. The average molecular weight is 222 g/mol. The third-order valence-electron chi connectivity index (χ3n) is 1.82. The molecule has 0 spiro atoms. The van der Waals surface area contributed by atoms with Gasteiger partial charge in [0.25, 0.3) is 5.22 Å². The van der Waals surface area contributed by atoms with Crippen molar-refractivity contribution in [2.24, 2.45) is 0 Å². The predicted octanol–water partition coefficient (Wildman–Crippen LogP) is 1.81. The van der Waals surface area contributed by atoms with Crippen LogP contribution >= 0.6 is 11.8 Å². The molecule has 0 aliphatic rings. The van der Waals surface area contributed by atoms with Crippen molar-refractivity contribution in [3.63, 3.8) is 0 Å². The van der Waals surface area contributed by atoms with Gasteiger partial charge in [0.05, 0.1) is 0 Å². The molecule has 2 aromatic rings. The van der Waals surface area contributed by atoms with E-state index < -0.39 is 0 Å². The van der Waals surface area contributed by atoms with Crippen LogP contribution in [0.1, 0.15) is 11.5 Å². The molecule has 0 aliphatic carbocycles. The smallest absolute Gasteiger partial charge is 0.282 e. The van der Waals surface area contributed by atoms with Crippen molar-refractivity contribution in [3.05, 3.63) is 23.7 Å². The number of anilines is 1. The van der Waals surface area contributed by atoms with Crippen molar-refractivity contribution in [3.8, 4) is 0 Å². The molecule has 2 N–H and O–H groups in total. The number of aryl methyl sites for hydroxylation is 2. The molecule has 0 bridgehead atoms. The quantitative estimate of drug-likeness (QED) is 0.835. The minimum atomic E-state index is 0.475. The van der Waals surface area contributed by atoms with E-state index >= 15 is 0 Å². The third-order valence-corrected chi connectivity index (χ3v) is 2.59. The van der Waals surface area contributed by atoms with Crippen LogP contribution in [0, 0.1) is 13.8 Å². The van der Waals surface area contributed by atoms with Crippen LogP contribution in [0.4, 0.5) is 5.69 Å². The van der Waals surface area contributed by atoms with E-state index in [2.05, 4.69) is 15.2 Å². The standard InChI is InChI=1S/C9H10N4OS/c1-5-4-11-8(3-7(5)10)15-9-13-12-6(2)14-9/h3-4H,1-2H3,(H2,10,11). The second-order valence-corrected chi connectivity index (χ2v) is 4.04. The molecule has 2 heterocycles. The Hall–Kier alpha value is -1.56. The second-order valence-electron chi connectivity index (χ2n) is 3.07. The Labute approximate surface area is 91.1 Å². The van der Waals surface area contributed by atoms with E-state index in [0.29, 0.717) is 16.8 Å². The molecule has 78 valence electrons. The van der Waals surface area contributed by atoms with Gasteiger partial charge in [0, 0.05) is 18.8 Å². The highest BCUT2D eigenvalue weighted by atomic mass is 32.2. The highest BCUT2D eigenvalue weighted by Crippen LogP contribution is 2.26. The number of nitrogen functional groups attached to an aromatic ring is 1. The first-order chi connectivity index (χ1) is 7.15. The summed E-state index contributed by atoms with van der Waals surface area (Å²) in [6.07, 6.45) is 1.72. The number of nitrogens with two attached hydrogens (primary N) is 1. The molecule has 0 radical (unpaired) electrons. The Morgan fingerprint density at radius 1 is 1.33 bits per heavy atom. The van der Waals surface area contributed by atoms with Crippen LogP contribution in [0.5, 0.6) is 0 Å². The topological polar surface area (TPSA) is 77.8 Å². The summed E-state index contributed by atoms with van der Waals surface area (Å²) in [5.74, 6) is 0.539. The lowest BCUT2D eigenvalue weighted by molar-refractivity contribution is 0.429. The lowest BCUT2D eigenvalue weighted by Gasteiger charge is -2.00. The van der Waals surface area contributed by atoms with Gasteiger partial charge in [-0.15, -0.1) is 10.2 Å². The fraction of sp³-hybridized carbons (Fsp3) is 0.222. The van der Waals surface area contributed by atoms with Crippen LogP contribution in [0.2, 0.25) is 0 Å². The molecule has 0 amide bonds. The lowest BCUT2D eigenvalue weighted by atomic mass is 10.3. The summed E-state index contributed by atoms with van der Waals surface area (Å²) in [5, 5.41) is 8.81. The second kappa shape index (κ2) is 3.90. The number of aromatic nitrogens is 3. The van der Waals surface area contributed by atoms with Crippen LogP contribution in [-0.2, 0) is 0 Å². The molecule has 0 unspecified atom stereocenters. The number of hydrogen-bond donors (Lipinski definition) is 1. The third kappa shape index (κ3) is 2.27. The van der Waals surface area contributed by atoms with Gasteiger partial charge >= 0.3 is 0 Å². The summed E-state index contributed by atoms with van der Waals surface area (Å²) in [5.41, 5.74) is 7.43. The van der Waals surface area contributed by atoms with E-state index in [4.69, 9.17) is 10.2 Å². The summed E-state index contributed by atoms with van der Waals surface area (Å²) in [6.45, 7) is 3.65. The number of nitrogens with zero attached hydrogens (tertiary/aromatic N) is 3. The zero-order chi connectivity index (χ0) is 10.8. The molecule has 2 aromatic heterocycles. The molecule has 2 rings (SSSR count). The van der Waals surface area contributed by atoms with Crippen molar-refractivity contribution >= 4 is 17.4 Å². The van der Waals surface area contributed by atoms with E-state index in [1.165, 1.54) is 11.8 Å². The number of hydrogen-bond acceptors (Lipinski definition) is 6. The van der Waals surface area contributed by atoms with Crippen LogP contribution in [0.25, 0.3) is 0 Å². The lowest BCUT2D eigenvalue weighted by Crippen LogP contribution is -1.91. The monoisotopic (exact) mass is 222 g/mol. The van der Waals surface area contributed by atoms with Crippen molar-refractivity contribution in [1.82, 2.24) is 15.2 Å². The highest BCUT2D eigenvalue weighted by Gasteiger charge is 2.06. The van der Waals surface area contributed by atoms with Gasteiger partial charge in [0.15, 0.2) is 0 Å². The zero-order valence-electron chi connectivity index (χ0n) is 8.39. The van der Waals surface area contributed by atoms with Crippen LogP contribution < -0.4 is 5.73 Å². The summed E-state index contributed by atoms with van der Waals surface area (Å²) in [6, 6.07) is 1.79. The number of rotatable bonds is 2. The molecule has 15 heavy (non-hydrogen) atoms. The van der Waals surface area contributed by atoms with Crippen LogP contribution in [0.3, 0.4) is 0 Å². The average Bonchev–Trinajstić information content (AvgIpc) is 2.58. The Morgan fingerprint density at radius 2 is 2.13 bits per heavy atom. The molecule has 0 fully saturated rings. The minimum absolute atomic E-state index is 0.475. The summed E-state index contributed by atoms with van der Waals surface area (Å²) < 4.78 is 5.22. The van der Waals surface area contributed by atoms with Gasteiger partial charge in [0.2, 0.25) is 5.89 Å². The van der Waals surface area contributed by atoms with E-state index in [0.717, 1.165) is 10.6 Å². The first-order valence-electron chi connectivity index (χ1n) is 4.35. The summed E-state index contributed by atoms with van der Waals surface area (Å²) in [7, 11) is 0. The maximum Gasteiger partial charge on any atom is 0.282 e. The van der Waals surface area contributed by atoms with Gasteiger partial charge in [-0.2, -0.15) is 0 Å². The van der Waals surface area contributed by atoms with Gasteiger partial charge in [-0.05, 0) is 30.3 Å². The van der Waals surface area contributed by atoms with Gasteiger partial charge in [0.1, 0.15) is 5.03 Å². The fourth-order valence-electron chi connectivity index (χ4n) is 0.984. The van der Waals surface area contributed by atoms with Gasteiger partial charge in [-0.25, -0.2) is 4.98 Å². The number of pyridine rings is 1. The molecule has 0 saturated heterocycles. The van der Waals surface area contributed by atoms with E-state index in [1.807, 2.05) is 6.92 Å². The molecule has 0 saturated carbocycles. The molecular weight excluding hydrogens is 212 g/mol. The Bertz CT molecular complexity index is 483.